The van der Waals surface area contributed by atoms with Crippen molar-refractivity contribution in [1.29, 1.82) is 0 Å². The van der Waals surface area contributed by atoms with Gasteiger partial charge in [0.25, 0.3) is 0 Å². The Balaban J connectivity index is 1.83. The van der Waals surface area contributed by atoms with Gasteiger partial charge in [-0.3, -0.25) is 13.9 Å². The first-order chi connectivity index (χ1) is 19.1. The van der Waals surface area contributed by atoms with E-state index in [2.05, 4.69) is 5.32 Å². The van der Waals surface area contributed by atoms with Gasteiger partial charge in [0.05, 0.1) is 11.9 Å². The second-order valence-corrected chi connectivity index (χ2v) is 11.3. The van der Waals surface area contributed by atoms with Crippen molar-refractivity contribution in [3.63, 3.8) is 0 Å². The number of hydrogen-bond acceptors (Lipinski definition) is 5. The fraction of sp³-hybridized carbons (Fsp3) is 0.333. The standard InChI is InChI=1S/C30H36FN3O5S/c1-4-19-32-30(36)28(5-2)33(20-23-11-13-25(31)14-12-23)29(35)21-34(40(3,37)38)26-15-17-27(18-16-26)39-22-24-9-7-6-8-10-24/h6-18,28H,4-5,19-22H2,1-3H3,(H,32,36)/t28-/m1/s1. The molecule has 0 aliphatic rings. The predicted octanol–water partition coefficient (Wildman–Crippen LogP) is 4.50. The van der Waals surface area contributed by atoms with E-state index >= 15 is 0 Å². The molecule has 0 aromatic heterocycles. The first-order valence-corrected chi connectivity index (χ1v) is 15.0. The van der Waals surface area contributed by atoms with Gasteiger partial charge in [-0.05, 0) is 60.4 Å². The summed E-state index contributed by atoms with van der Waals surface area (Å²) in [6.07, 6.45) is 2.06. The van der Waals surface area contributed by atoms with Crippen LogP contribution in [0.5, 0.6) is 5.75 Å². The summed E-state index contributed by atoms with van der Waals surface area (Å²) >= 11 is 0. The van der Waals surface area contributed by atoms with E-state index in [-0.39, 0.29) is 18.1 Å². The molecule has 3 aromatic carbocycles. The van der Waals surface area contributed by atoms with Crippen molar-refractivity contribution in [3.05, 3.63) is 95.8 Å². The van der Waals surface area contributed by atoms with Gasteiger partial charge in [-0.25, -0.2) is 12.8 Å². The van der Waals surface area contributed by atoms with Crippen LogP contribution in [0, 0.1) is 5.82 Å². The predicted molar refractivity (Wildman–Crippen MR) is 154 cm³/mol. The van der Waals surface area contributed by atoms with Crippen LogP contribution in [-0.4, -0.2) is 50.5 Å². The quantitative estimate of drug-likeness (QED) is 0.308. The lowest BCUT2D eigenvalue weighted by atomic mass is 10.1. The van der Waals surface area contributed by atoms with Gasteiger partial charge < -0.3 is 15.0 Å². The van der Waals surface area contributed by atoms with Crippen LogP contribution in [0.1, 0.15) is 37.8 Å². The minimum atomic E-state index is -3.87. The number of anilines is 1. The van der Waals surface area contributed by atoms with Crippen LogP contribution in [0.3, 0.4) is 0 Å². The normalized spacial score (nSPS) is 11.9. The maximum absolute atomic E-state index is 13.7. The van der Waals surface area contributed by atoms with Gasteiger partial charge in [-0.15, -0.1) is 0 Å². The summed E-state index contributed by atoms with van der Waals surface area (Å²) in [7, 11) is -3.87. The zero-order valence-electron chi connectivity index (χ0n) is 23.0. The van der Waals surface area contributed by atoms with Gasteiger partial charge in [-0.2, -0.15) is 0 Å². The Morgan fingerprint density at radius 2 is 1.57 bits per heavy atom. The molecule has 0 fully saturated rings. The number of halogens is 1. The third kappa shape index (κ3) is 8.81. The van der Waals surface area contributed by atoms with E-state index in [1.807, 2.05) is 37.3 Å². The van der Waals surface area contributed by atoms with Crippen molar-refractivity contribution in [2.45, 2.75) is 45.9 Å². The molecule has 8 nitrogen and oxygen atoms in total. The van der Waals surface area contributed by atoms with Gasteiger partial charge in [0.2, 0.25) is 21.8 Å². The Morgan fingerprint density at radius 1 is 0.925 bits per heavy atom. The molecule has 0 heterocycles. The number of nitrogens with zero attached hydrogens (tertiary/aromatic N) is 2. The highest BCUT2D eigenvalue weighted by molar-refractivity contribution is 7.92. The lowest BCUT2D eigenvalue weighted by molar-refractivity contribution is -0.140. The number of nitrogens with one attached hydrogen (secondary N) is 1. The monoisotopic (exact) mass is 569 g/mol. The fourth-order valence-corrected chi connectivity index (χ4v) is 4.98. The maximum atomic E-state index is 13.7. The number of hydrogen-bond donors (Lipinski definition) is 1. The van der Waals surface area contributed by atoms with Crippen LogP contribution in [0.25, 0.3) is 0 Å². The minimum Gasteiger partial charge on any atom is -0.489 e. The average Bonchev–Trinajstić information content (AvgIpc) is 2.94. The van der Waals surface area contributed by atoms with Crippen molar-refractivity contribution in [2.75, 3.05) is 23.7 Å². The van der Waals surface area contributed by atoms with Crippen molar-refractivity contribution in [3.8, 4) is 5.75 Å². The number of benzene rings is 3. The van der Waals surface area contributed by atoms with Crippen molar-refractivity contribution < 1.29 is 27.1 Å². The molecule has 10 heteroatoms. The molecule has 2 amide bonds. The molecular formula is C30H36FN3O5S. The first-order valence-electron chi connectivity index (χ1n) is 13.2. The van der Waals surface area contributed by atoms with Gasteiger partial charge in [0.15, 0.2) is 0 Å². The number of carbonyl (C=O) groups excluding carboxylic acids is 2. The Kier molecular flexibility index (Phi) is 11.1. The van der Waals surface area contributed by atoms with Gasteiger partial charge in [0, 0.05) is 13.1 Å². The molecule has 0 radical (unpaired) electrons. The highest BCUT2D eigenvalue weighted by Crippen LogP contribution is 2.23. The van der Waals surface area contributed by atoms with Crippen LogP contribution >= 0.6 is 0 Å². The molecule has 0 spiro atoms. The van der Waals surface area contributed by atoms with Gasteiger partial charge in [0.1, 0.15) is 30.8 Å². The topological polar surface area (TPSA) is 96.0 Å². The van der Waals surface area contributed by atoms with Crippen LogP contribution in [0.4, 0.5) is 10.1 Å². The number of amides is 2. The molecule has 0 saturated carbocycles. The molecule has 0 aliphatic carbocycles. The summed E-state index contributed by atoms with van der Waals surface area (Å²) in [6, 6.07) is 20.9. The highest BCUT2D eigenvalue weighted by atomic mass is 32.2. The zero-order valence-corrected chi connectivity index (χ0v) is 23.9. The third-order valence-corrected chi connectivity index (χ3v) is 7.39. The summed E-state index contributed by atoms with van der Waals surface area (Å²) in [4.78, 5) is 28.0. The van der Waals surface area contributed by atoms with E-state index in [9.17, 15) is 22.4 Å². The molecule has 0 saturated heterocycles. The van der Waals surface area contributed by atoms with Crippen LogP contribution in [0.15, 0.2) is 78.9 Å². The van der Waals surface area contributed by atoms with Crippen molar-refractivity contribution in [1.82, 2.24) is 10.2 Å². The molecule has 40 heavy (non-hydrogen) atoms. The minimum absolute atomic E-state index is 0.0149. The molecule has 1 N–H and O–H groups in total. The van der Waals surface area contributed by atoms with Crippen LogP contribution in [0.2, 0.25) is 0 Å². The van der Waals surface area contributed by atoms with Crippen molar-refractivity contribution in [2.24, 2.45) is 0 Å². The highest BCUT2D eigenvalue weighted by Gasteiger charge is 2.31. The maximum Gasteiger partial charge on any atom is 0.244 e. The Morgan fingerprint density at radius 3 is 2.15 bits per heavy atom. The van der Waals surface area contributed by atoms with Crippen LogP contribution < -0.4 is 14.4 Å². The lowest BCUT2D eigenvalue weighted by Crippen LogP contribution is -2.52. The van der Waals surface area contributed by atoms with E-state index in [0.29, 0.717) is 30.9 Å². The first kappa shape index (κ1) is 30.6. The van der Waals surface area contributed by atoms with E-state index in [4.69, 9.17) is 4.74 Å². The van der Waals surface area contributed by atoms with E-state index in [0.717, 1.165) is 22.5 Å². The van der Waals surface area contributed by atoms with E-state index < -0.39 is 34.3 Å². The number of ether oxygens (including phenoxy) is 1. The molecular weight excluding hydrogens is 533 g/mol. The molecule has 0 bridgehead atoms. The van der Waals surface area contributed by atoms with Gasteiger partial charge >= 0.3 is 0 Å². The molecule has 3 aromatic rings. The summed E-state index contributed by atoms with van der Waals surface area (Å²) < 4.78 is 45.9. The van der Waals surface area contributed by atoms with Crippen molar-refractivity contribution >= 4 is 27.5 Å². The molecule has 3 rings (SSSR count). The molecule has 0 unspecified atom stereocenters. The Bertz CT molecular complexity index is 1350. The smallest absolute Gasteiger partial charge is 0.244 e. The second kappa shape index (κ2) is 14.5. The lowest BCUT2D eigenvalue weighted by Gasteiger charge is -2.33. The van der Waals surface area contributed by atoms with E-state index in [1.54, 1.807) is 31.2 Å². The second-order valence-electron chi connectivity index (χ2n) is 9.40. The molecule has 0 aliphatic heterocycles. The number of carbonyl (C=O) groups is 2. The number of rotatable bonds is 14. The zero-order chi connectivity index (χ0) is 29.1. The third-order valence-electron chi connectivity index (χ3n) is 6.25. The molecule has 1 atom stereocenters. The summed E-state index contributed by atoms with van der Waals surface area (Å²) in [6.45, 7) is 4.00. The molecule has 214 valence electrons. The SMILES string of the molecule is CCCNC(=O)[C@@H](CC)N(Cc1ccc(F)cc1)C(=O)CN(c1ccc(OCc2ccccc2)cc1)S(C)(=O)=O. The van der Waals surface area contributed by atoms with E-state index in [1.165, 1.54) is 29.2 Å². The van der Waals surface area contributed by atoms with Crippen LogP contribution in [-0.2, 0) is 32.8 Å². The summed E-state index contributed by atoms with van der Waals surface area (Å²) in [5.74, 6) is -0.763. The fourth-order valence-electron chi connectivity index (χ4n) is 4.14. The number of sulfonamides is 1. The Hall–Kier alpha value is -3.92. The average molecular weight is 570 g/mol. The van der Waals surface area contributed by atoms with Gasteiger partial charge in [-0.1, -0.05) is 56.3 Å². The summed E-state index contributed by atoms with van der Waals surface area (Å²) in [5.41, 5.74) is 1.89. The largest absolute Gasteiger partial charge is 0.489 e. The Labute approximate surface area is 235 Å². The summed E-state index contributed by atoms with van der Waals surface area (Å²) in [5, 5.41) is 2.82.